The SMILES string of the molecule is COC(=O)N1C(=O)O[C@@H]2CSC[C@@H]21. The molecule has 0 saturated carbocycles. The Morgan fingerprint density at radius 2 is 2.46 bits per heavy atom. The zero-order valence-electron chi connectivity index (χ0n) is 7.06. The highest BCUT2D eigenvalue weighted by molar-refractivity contribution is 7.99. The number of carbonyl (C=O) groups excluding carboxylic acids is 2. The van der Waals surface area contributed by atoms with Crippen LogP contribution in [0.3, 0.4) is 0 Å². The number of methoxy groups -OCH3 is 1. The van der Waals surface area contributed by atoms with Crippen molar-refractivity contribution in [3.8, 4) is 0 Å². The summed E-state index contributed by atoms with van der Waals surface area (Å²) in [7, 11) is 1.25. The number of rotatable bonds is 0. The Morgan fingerprint density at radius 1 is 1.69 bits per heavy atom. The number of nitrogens with zero attached hydrogens (tertiary/aromatic N) is 1. The summed E-state index contributed by atoms with van der Waals surface area (Å²) in [6.45, 7) is 0. The van der Waals surface area contributed by atoms with Gasteiger partial charge in [-0.15, -0.1) is 0 Å². The number of ether oxygens (including phenoxy) is 2. The zero-order valence-corrected chi connectivity index (χ0v) is 7.87. The Balaban J connectivity index is 2.16. The van der Waals surface area contributed by atoms with Crippen LogP contribution < -0.4 is 0 Å². The monoisotopic (exact) mass is 203 g/mol. The van der Waals surface area contributed by atoms with Crippen molar-refractivity contribution >= 4 is 23.9 Å². The maximum atomic E-state index is 11.2. The lowest BCUT2D eigenvalue weighted by Crippen LogP contribution is -2.40. The van der Waals surface area contributed by atoms with Gasteiger partial charge in [0, 0.05) is 11.5 Å². The van der Waals surface area contributed by atoms with Gasteiger partial charge in [0.1, 0.15) is 6.10 Å². The van der Waals surface area contributed by atoms with E-state index in [2.05, 4.69) is 4.74 Å². The van der Waals surface area contributed by atoms with Crippen molar-refractivity contribution in [1.29, 1.82) is 0 Å². The lowest BCUT2D eigenvalue weighted by atomic mass is 10.2. The Bertz CT molecular complexity index is 249. The van der Waals surface area contributed by atoms with E-state index in [-0.39, 0.29) is 12.1 Å². The normalized spacial score (nSPS) is 31.5. The fraction of sp³-hybridized carbons (Fsp3) is 0.714. The Kier molecular flexibility index (Phi) is 2.07. The van der Waals surface area contributed by atoms with Crippen LogP contribution in [0.2, 0.25) is 0 Å². The largest absolute Gasteiger partial charge is 0.452 e. The smallest absolute Gasteiger partial charge is 0.420 e. The van der Waals surface area contributed by atoms with Crippen LogP contribution >= 0.6 is 11.8 Å². The van der Waals surface area contributed by atoms with Gasteiger partial charge in [-0.2, -0.15) is 11.8 Å². The highest BCUT2D eigenvalue weighted by atomic mass is 32.2. The fourth-order valence-corrected chi connectivity index (χ4v) is 2.77. The van der Waals surface area contributed by atoms with Gasteiger partial charge in [-0.3, -0.25) is 0 Å². The molecular weight excluding hydrogens is 194 g/mol. The molecule has 0 aliphatic carbocycles. The summed E-state index contributed by atoms with van der Waals surface area (Å²) < 4.78 is 9.48. The summed E-state index contributed by atoms with van der Waals surface area (Å²) in [5, 5.41) is 0. The van der Waals surface area contributed by atoms with Gasteiger partial charge in [-0.25, -0.2) is 14.5 Å². The number of carbonyl (C=O) groups is 2. The van der Waals surface area contributed by atoms with Gasteiger partial charge >= 0.3 is 12.2 Å². The summed E-state index contributed by atoms with van der Waals surface area (Å²) in [6.07, 6.45) is -1.35. The predicted octanol–water partition coefficient (Wildman–Crippen LogP) is 0.689. The maximum absolute atomic E-state index is 11.2. The van der Waals surface area contributed by atoms with E-state index in [0.717, 1.165) is 16.4 Å². The van der Waals surface area contributed by atoms with Crippen LogP contribution in [0, 0.1) is 0 Å². The lowest BCUT2D eigenvalue weighted by molar-refractivity contribution is 0.120. The minimum atomic E-state index is -0.625. The number of thioether (sulfide) groups is 1. The zero-order chi connectivity index (χ0) is 9.42. The number of hydrogen-bond donors (Lipinski definition) is 0. The quantitative estimate of drug-likeness (QED) is 0.579. The molecule has 13 heavy (non-hydrogen) atoms. The fourth-order valence-electron chi connectivity index (χ4n) is 1.51. The van der Waals surface area contributed by atoms with Gasteiger partial charge in [-0.05, 0) is 0 Å². The van der Waals surface area contributed by atoms with Crippen molar-refractivity contribution in [3.63, 3.8) is 0 Å². The molecule has 0 unspecified atom stereocenters. The van der Waals surface area contributed by atoms with Crippen molar-refractivity contribution < 1.29 is 19.1 Å². The second-order valence-corrected chi connectivity index (χ2v) is 3.94. The average Bonchev–Trinajstić information content (AvgIpc) is 2.62. The predicted molar refractivity (Wildman–Crippen MR) is 45.6 cm³/mol. The van der Waals surface area contributed by atoms with Crippen molar-refractivity contribution in [2.45, 2.75) is 12.1 Å². The van der Waals surface area contributed by atoms with Crippen LogP contribution in [0.15, 0.2) is 0 Å². The third-order valence-electron chi connectivity index (χ3n) is 2.15. The molecule has 2 aliphatic heterocycles. The first-order valence-electron chi connectivity index (χ1n) is 3.89. The molecule has 0 spiro atoms. The Morgan fingerprint density at radius 3 is 3.15 bits per heavy atom. The standard InChI is InChI=1S/C7H9NO4S/c1-11-6(9)8-4-2-13-3-5(4)12-7(8)10/h4-5H,2-3H2,1H3/t4-,5+/m0/s1. The number of imide groups is 1. The lowest BCUT2D eigenvalue weighted by Gasteiger charge is -2.15. The van der Waals surface area contributed by atoms with Crippen LogP contribution in [-0.4, -0.2) is 47.8 Å². The summed E-state index contributed by atoms with van der Waals surface area (Å²) in [5.74, 6) is 1.51. The van der Waals surface area contributed by atoms with Gasteiger partial charge in [0.2, 0.25) is 0 Å². The first-order valence-corrected chi connectivity index (χ1v) is 5.05. The molecule has 2 aliphatic rings. The second-order valence-electron chi connectivity index (χ2n) is 2.87. The summed E-state index contributed by atoms with van der Waals surface area (Å²) in [6, 6.07) is -0.134. The third kappa shape index (κ3) is 1.25. The van der Waals surface area contributed by atoms with E-state index < -0.39 is 12.2 Å². The molecule has 0 aromatic rings. The first kappa shape index (κ1) is 8.68. The average molecular weight is 203 g/mol. The molecule has 0 N–H and O–H groups in total. The van der Waals surface area contributed by atoms with E-state index in [9.17, 15) is 9.59 Å². The molecular formula is C7H9NO4S. The molecule has 2 rings (SSSR count). The Hall–Kier alpha value is -0.910. The summed E-state index contributed by atoms with van der Waals surface area (Å²) in [4.78, 5) is 23.4. The highest BCUT2D eigenvalue weighted by Gasteiger charge is 2.48. The van der Waals surface area contributed by atoms with Crippen LogP contribution in [-0.2, 0) is 9.47 Å². The molecule has 0 aromatic carbocycles. The van der Waals surface area contributed by atoms with Gasteiger partial charge in [0.15, 0.2) is 0 Å². The Labute approximate surface area is 79.4 Å². The molecule has 0 aromatic heterocycles. The molecule has 2 atom stereocenters. The topological polar surface area (TPSA) is 55.8 Å². The second kappa shape index (κ2) is 3.10. The van der Waals surface area contributed by atoms with E-state index >= 15 is 0 Å². The van der Waals surface area contributed by atoms with Crippen LogP contribution in [0.5, 0.6) is 0 Å². The minimum Gasteiger partial charge on any atom is -0.452 e. The van der Waals surface area contributed by atoms with Gasteiger partial charge in [0.25, 0.3) is 0 Å². The van der Waals surface area contributed by atoms with Gasteiger partial charge in [-0.1, -0.05) is 0 Å². The van der Waals surface area contributed by atoms with Gasteiger partial charge < -0.3 is 9.47 Å². The molecule has 2 saturated heterocycles. The van der Waals surface area contributed by atoms with E-state index in [0.29, 0.717) is 0 Å². The molecule has 0 radical (unpaired) electrons. The summed E-state index contributed by atoms with van der Waals surface area (Å²) >= 11 is 1.67. The van der Waals surface area contributed by atoms with Crippen LogP contribution in [0.25, 0.3) is 0 Å². The van der Waals surface area contributed by atoms with Crippen molar-refractivity contribution in [3.05, 3.63) is 0 Å². The van der Waals surface area contributed by atoms with E-state index in [1.54, 1.807) is 11.8 Å². The highest BCUT2D eigenvalue weighted by Crippen LogP contribution is 2.31. The maximum Gasteiger partial charge on any atom is 0.420 e. The number of fused-ring (bicyclic) bond motifs is 1. The number of amides is 2. The number of hydrogen-bond acceptors (Lipinski definition) is 5. The molecule has 5 nitrogen and oxygen atoms in total. The minimum absolute atomic E-state index is 0.134. The van der Waals surface area contributed by atoms with Crippen molar-refractivity contribution in [2.75, 3.05) is 18.6 Å². The first-order chi connectivity index (χ1) is 6.24. The molecule has 2 fully saturated rings. The molecule has 72 valence electrons. The molecule has 2 amide bonds. The van der Waals surface area contributed by atoms with E-state index in [1.165, 1.54) is 7.11 Å². The third-order valence-corrected chi connectivity index (χ3v) is 3.29. The van der Waals surface area contributed by atoms with Gasteiger partial charge in [0.05, 0.1) is 13.2 Å². The van der Waals surface area contributed by atoms with Crippen molar-refractivity contribution in [1.82, 2.24) is 4.90 Å². The van der Waals surface area contributed by atoms with Crippen LogP contribution in [0.4, 0.5) is 9.59 Å². The van der Waals surface area contributed by atoms with Crippen LogP contribution in [0.1, 0.15) is 0 Å². The summed E-state index contributed by atoms with van der Waals surface area (Å²) in [5.41, 5.74) is 0. The van der Waals surface area contributed by atoms with E-state index in [1.807, 2.05) is 0 Å². The molecule has 2 heterocycles. The molecule has 0 bridgehead atoms. The van der Waals surface area contributed by atoms with E-state index in [4.69, 9.17) is 4.74 Å². The molecule has 6 heteroatoms. The van der Waals surface area contributed by atoms with Crippen molar-refractivity contribution in [2.24, 2.45) is 0 Å².